The number of hydrogen-bond donors (Lipinski definition) is 1. The highest BCUT2D eigenvalue weighted by Crippen LogP contribution is 2.50. The topological polar surface area (TPSA) is 38.3 Å². The first-order valence-corrected chi connectivity index (χ1v) is 9.00. The average molecular weight is 336 g/mol. The Labute approximate surface area is 143 Å². The number of carbonyl (C=O) groups excluding carboxylic acids is 1. The molecule has 0 spiro atoms. The maximum absolute atomic E-state index is 12.4. The zero-order valence-electron chi connectivity index (χ0n) is 14.0. The normalized spacial score (nSPS) is 26.7. The van der Waals surface area contributed by atoms with Crippen LogP contribution in [0.1, 0.15) is 44.6 Å². The second-order valence-corrected chi connectivity index (χ2v) is 7.65. The first kappa shape index (κ1) is 16.8. The van der Waals surface area contributed by atoms with Crippen LogP contribution in [0, 0.1) is 17.8 Å². The fraction of sp³-hybridized carbons (Fsp3) is 0.632. The molecule has 3 atom stereocenters. The molecule has 23 heavy (non-hydrogen) atoms. The summed E-state index contributed by atoms with van der Waals surface area (Å²) in [5.74, 6) is 1.82. The number of hydrogen-bond acceptors (Lipinski definition) is 2. The number of amides is 1. The van der Waals surface area contributed by atoms with Crippen molar-refractivity contribution in [3.63, 3.8) is 0 Å². The van der Waals surface area contributed by atoms with Crippen molar-refractivity contribution in [3.8, 4) is 0 Å². The Bertz CT molecular complexity index is 570. The summed E-state index contributed by atoms with van der Waals surface area (Å²) >= 11 is 6.08. The van der Waals surface area contributed by atoms with Gasteiger partial charge in [0.1, 0.15) is 5.60 Å². The second-order valence-electron chi connectivity index (χ2n) is 7.21. The first-order chi connectivity index (χ1) is 11.0. The van der Waals surface area contributed by atoms with Crippen LogP contribution in [0.25, 0.3) is 0 Å². The van der Waals surface area contributed by atoms with E-state index in [1.807, 2.05) is 31.2 Å². The summed E-state index contributed by atoms with van der Waals surface area (Å²) in [4.78, 5) is 12.4. The Morgan fingerprint density at radius 2 is 2.13 bits per heavy atom. The molecule has 1 amide bonds. The molecule has 0 aromatic heterocycles. The summed E-state index contributed by atoms with van der Waals surface area (Å²) in [5.41, 5.74) is 0.425. The second kappa shape index (κ2) is 6.82. The Morgan fingerprint density at radius 3 is 2.78 bits per heavy atom. The standard InChI is InChI=1S/C19H26ClNO2/c1-19(23-2,14-8-5-9-15(20)10-14)12-21-18(22)17-11-16(17)13-6-3-4-7-13/h5,8-10,13,16-17H,3-4,6-7,11-12H2,1-2H3,(H,21,22)/t16-,17-,19-/m0/s1. The Kier molecular flexibility index (Phi) is 4.98. The molecule has 2 saturated carbocycles. The lowest BCUT2D eigenvalue weighted by Crippen LogP contribution is -2.41. The molecule has 0 radical (unpaired) electrons. The van der Waals surface area contributed by atoms with E-state index in [9.17, 15) is 4.79 Å². The molecule has 1 aromatic carbocycles. The van der Waals surface area contributed by atoms with Gasteiger partial charge >= 0.3 is 0 Å². The van der Waals surface area contributed by atoms with Gasteiger partial charge in [0.25, 0.3) is 0 Å². The summed E-state index contributed by atoms with van der Waals surface area (Å²) in [7, 11) is 1.67. The number of nitrogens with one attached hydrogen (secondary N) is 1. The van der Waals surface area contributed by atoms with Gasteiger partial charge in [-0.1, -0.05) is 49.4 Å². The van der Waals surface area contributed by atoms with Crippen LogP contribution >= 0.6 is 11.6 Å². The number of halogens is 1. The minimum absolute atomic E-state index is 0.187. The lowest BCUT2D eigenvalue weighted by atomic mass is 9.95. The smallest absolute Gasteiger partial charge is 0.223 e. The third-order valence-electron chi connectivity index (χ3n) is 5.67. The molecule has 0 unspecified atom stereocenters. The van der Waals surface area contributed by atoms with E-state index >= 15 is 0 Å². The van der Waals surface area contributed by atoms with Crippen molar-refractivity contribution in [1.29, 1.82) is 0 Å². The van der Waals surface area contributed by atoms with Crippen LogP contribution in [0.5, 0.6) is 0 Å². The van der Waals surface area contributed by atoms with Gasteiger partial charge in [-0.05, 0) is 42.9 Å². The lowest BCUT2D eigenvalue weighted by molar-refractivity contribution is -0.124. The predicted octanol–water partition coefficient (Wildman–Crippen LogP) is 4.14. The summed E-state index contributed by atoms with van der Waals surface area (Å²) < 4.78 is 5.68. The van der Waals surface area contributed by atoms with Crippen molar-refractivity contribution in [3.05, 3.63) is 34.9 Å². The molecular formula is C19H26ClNO2. The molecule has 3 nitrogen and oxygen atoms in total. The minimum Gasteiger partial charge on any atom is -0.372 e. The van der Waals surface area contributed by atoms with E-state index in [0.717, 1.165) is 17.9 Å². The quantitative estimate of drug-likeness (QED) is 0.848. The maximum atomic E-state index is 12.4. The fourth-order valence-electron chi connectivity index (χ4n) is 3.92. The lowest BCUT2D eigenvalue weighted by Gasteiger charge is -2.29. The third-order valence-corrected chi connectivity index (χ3v) is 5.90. The third kappa shape index (κ3) is 3.72. The Balaban J connectivity index is 1.56. The van der Waals surface area contributed by atoms with Crippen molar-refractivity contribution in [2.75, 3.05) is 13.7 Å². The zero-order chi connectivity index (χ0) is 16.4. The monoisotopic (exact) mass is 335 g/mol. The van der Waals surface area contributed by atoms with E-state index in [1.54, 1.807) is 7.11 Å². The molecule has 0 heterocycles. The zero-order valence-corrected chi connectivity index (χ0v) is 14.7. The average Bonchev–Trinajstić information content (AvgIpc) is 3.17. The van der Waals surface area contributed by atoms with Gasteiger partial charge in [-0.2, -0.15) is 0 Å². The molecule has 126 valence electrons. The van der Waals surface area contributed by atoms with Crippen LogP contribution in [-0.2, 0) is 15.1 Å². The fourth-order valence-corrected chi connectivity index (χ4v) is 4.11. The first-order valence-electron chi connectivity index (χ1n) is 8.62. The number of methoxy groups -OCH3 is 1. The van der Waals surface area contributed by atoms with Crippen molar-refractivity contribution in [2.45, 2.75) is 44.6 Å². The largest absolute Gasteiger partial charge is 0.372 e. The van der Waals surface area contributed by atoms with E-state index in [4.69, 9.17) is 16.3 Å². The summed E-state index contributed by atoms with van der Waals surface area (Å²) in [6.07, 6.45) is 6.37. The molecule has 3 rings (SSSR count). The highest BCUT2D eigenvalue weighted by Gasteiger charge is 2.48. The molecule has 0 aliphatic heterocycles. The Morgan fingerprint density at radius 1 is 1.39 bits per heavy atom. The Hall–Kier alpha value is -1.06. The van der Waals surface area contributed by atoms with E-state index in [1.165, 1.54) is 25.7 Å². The predicted molar refractivity (Wildman–Crippen MR) is 92.4 cm³/mol. The highest BCUT2D eigenvalue weighted by atomic mass is 35.5. The van der Waals surface area contributed by atoms with Gasteiger partial charge in [-0.15, -0.1) is 0 Å². The van der Waals surface area contributed by atoms with Gasteiger partial charge in [0, 0.05) is 18.1 Å². The maximum Gasteiger partial charge on any atom is 0.223 e. The van der Waals surface area contributed by atoms with Crippen LogP contribution in [0.4, 0.5) is 0 Å². The van der Waals surface area contributed by atoms with Crippen molar-refractivity contribution in [1.82, 2.24) is 5.32 Å². The molecule has 1 aromatic rings. The van der Waals surface area contributed by atoms with Crippen molar-refractivity contribution >= 4 is 17.5 Å². The van der Waals surface area contributed by atoms with E-state index in [-0.39, 0.29) is 11.8 Å². The molecule has 0 saturated heterocycles. The number of ether oxygens (including phenoxy) is 1. The van der Waals surface area contributed by atoms with Gasteiger partial charge < -0.3 is 10.1 Å². The molecular weight excluding hydrogens is 310 g/mol. The molecule has 0 bridgehead atoms. The molecule has 1 N–H and O–H groups in total. The number of rotatable bonds is 6. The van der Waals surface area contributed by atoms with Gasteiger partial charge in [0.15, 0.2) is 0 Å². The van der Waals surface area contributed by atoms with Crippen LogP contribution in [0.15, 0.2) is 24.3 Å². The molecule has 2 fully saturated rings. The van der Waals surface area contributed by atoms with Crippen molar-refractivity contribution in [2.24, 2.45) is 17.8 Å². The minimum atomic E-state index is -0.557. The van der Waals surface area contributed by atoms with Gasteiger partial charge in [0.05, 0.1) is 6.54 Å². The van der Waals surface area contributed by atoms with Crippen LogP contribution in [-0.4, -0.2) is 19.6 Å². The van der Waals surface area contributed by atoms with Gasteiger partial charge in [0.2, 0.25) is 5.91 Å². The summed E-state index contributed by atoms with van der Waals surface area (Å²) in [6.45, 7) is 2.46. The highest BCUT2D eigenvalue weighted by molar-refractivity contribution is 6.30. The van der Waals surface area contributed by atoms with E-state index < -0.39 is 5.60 Å². The van der Waals surface area contributed by atoms with Crippen LogP contribution in [0.2, 0.25) is 5.02 Å². The van der Waals surface area contributed by atoms with E-state index in [2.05, 4.69) is 5.32 Å². The number of benzene rings is 1. The van der Waals surface area contributed by atoms with Crippen LogP contribution in [0.3, 0.4) is 0 Å². The number of carbonyl (C=O) groups is 1. The molecule has 2 aliphatic carbocycles. The van der Waals surface area contributed by atoms with Gasteiger partial charge in [-0.3, -0.25) is 4.79 Å². The molecule has 2 aliphatic rings. The summed E-state index contributed by atoms with van der Waals surface area (Å²) in [5, 5.41) is 3.78. The van der Waals surface area contributed by atoms with Gasteiger partial charge in [-0.25, -0.2) is 0 Å². The van der Waals surface area contributed by atoms with E-state index in [0.29, 0.717) is 17.5 Å². The van der Waals surface area contributed by atoms with Crippen molar-refractivity contribution < 1.29 is 9.53 Å². The van der Waals surface area contributed by atoms with Crippen LogP contribution < -0.4 is 5.32 Å². The summed E-state index contributed by atoms with van der Waals surface area (Å²) in [6, 6.07) is 7.64. The SMILES string of the molecule is CO[C@@](C)(CNC(=O)[C@H]1C[C@H]1C1CCCC1)c1cccc(Cl)c1. The molecule has 4 heteroatoms.